The van der Waals surface area contributed by atoms with E-state index in [1.165, 1.54) is 0 Å². The Bertz CT molecular complexity index is 871. The molecule has 1 aliphatic heterocycles. The van der Waals surface area contributed by atoms with Crippen LogP contribution in [0.1, 0.15) is 25.3 Å². The van der Waals surface area contributed by atoms with Gasteiger partial charge in [-0.15, -0.1) is 0 Å². The maximum absolute atomic E-state index is 12.5. The summed E-state index contributed by atoms with van der Waals surface area (Å²) in [6.45, 7) is 3.86. The Balaban J connectivity index is 1.51. The van der Waals surface area contributed by atoms with Crippen molar-refractivity contribution in [3.63, 3.8) is 0 Å². The van der Waals surface area contributed by atoms with E-state index >= 15 is 0 Å². The van der Waals surface area contributed by atoms with Crippen LogP contribution in [-0.4, -0.2) is 42.8 Å². The number of nitrogens with one attached hydrogen (secondary N) is 1. The molecule has 1 aliphatic rings. The van der Waals surface area contributed by atoms with E-state index in [4.69, 9.17) is 20.9 Å². The predicted molar refractivity (Wildman–Crippen MR) is 123 cm³/mol. The number of esters is 1. The van der Waals surface area contributed by atoms with Gasteiger partial charge >= 0.3 is 5.97 Å². The molecule has 0 spiro atoms. The molecule has 0 aliphatic carbocycles. The number of nitrogens with two attached hydrogens (primary N) is 2. The lowest BCUT2D eigenvalue weighted by Gasteiger charge is -2.39. The number of nitrogen functional groups attached to an aromatic ring is 1. The van der Waals surface area contributed by atoms with Gasteiger partial charge in [-0.2, -0.15) is 0 Å². The average Bonchev–Trinajstić information content (AvgIpc) is 2.83. The van der Waals surface area contributed by atoms with E-state index in [1.807, 2.05) is 48.5 Å². The first-order valence-electron chi connectivity index (χ1n) is 10.9. The molecule has 2 aromatic carbocycles. The third kappa shape index (κ3) is 6.21. The highest BCUT2D eigenvalue weighted by Crippen LogP contribution is 2.27. The number of nitrogens with zero attached hydrogens (tertiary/aromatic N) is 1. The lowest BCUT2D eigenvalue weighted by molar-refractivity contribution is -0.152. The first kappa shape index (κ1) is 23.6. The zero-order valence-electron chi connectivity index (χ0n) is 18.4. The fourth-order valence-electron chi connectivity index (χ4n) is 3.94. The lowest BCUT2D eigenvalue weighted by atomic mass is 9.93. The summed E-state index contributed by atoms with van der Waals surface area (Å²) < 4.78 is 10.8. The van der Waals surface area contributed by atoms with Gasteiger partial charge in [0.1, 0.15) is 6.61 Å². The van der Waals surface area contributed by atoms with Crippen LogP contribution in [0.25, 0.3) is 0 Å². The molecule has 0 amide bonds. The molecule has 1 saturated heterocycles. The Morgan fingerprint density at radius 1 is 1.16 bits per heavy atom. The molecule has 1 heterocycles. The van der Waals surface area contributed by atoms with Crippen LogP contribution >= 0.6 is 0 Å². The van der Waals surface area contributed by atoms with Gasteiger partial charge in [-0.3, -0.25) is 14.5 Å². The Morgan fingerprint density at radius 2 is 1.81 bits per heavy atom. The smallest absolute Gasteiger partial charge is 0.311 e. The molecular formula is C24H32N4O4. The number of benzene rings is 2. The minimum atomic E-state index is -0.483. The summed E-state index contributed by atoms with van der Waals surface area (Å²) in [4.78, 5) is 25.6. The molecule has 0 aromatic heterocycles. The largest absolute Gasteiger partial charge is 0.461 e. The number of hydrogen-bond acceptors (Lipinski definition) is 8. The van der Waals surface area contributed by atoms with Gasteiger partial charge in [0.2, 0.25) is 0 Å². The van der Waals surface area contributed by atoms with Gasteiger partial charge in [-0.1, -0.05) is 42.5 Å². The van der Waals surface area contributed by atoms with E-state index in [-0.39, 0.29) is 18.5 Å². The van der Waals surface area contributed by atoms with Crippen molar-refractivity contribution in [3.8, 4) is 0 Å². The lowest BCUT2D eigenvalue weighted by Crippen LogP contribution is -2.53. The second-order valence-electron chi connectivity index (χ2n) is 8.13. The van der Waals surface area contributed by atoms with E-state index in [0.29, 0.717) is 25.2 Å². The van der Waals surface area contributed by atoms with Crippen molar-refractivity contribution in [3.05, 3.63) is 60.2 Å². The third-order valence-electron chi connectivity index (χ3n) is 5.99. The maximum atomic E-state index is 12.5. The predicted octanol–water partition coefficient (Wildman–Crippen LogP) is 2.56. The molecule has 3 rings (SSSR count). The summed E-state index contributed by atoms with van der Waals surface area (Å²) >= 11 is 0. The minimum Gasteiger partial charge on any atom is -0.461 e. The second-order valence-corrected chi connectivity index (χ2v) is 8.13. The van der Waals surface area contributed by atoms with Gasteiger partial charge in [0.05, 0.1) is 23.5 Å². The highest BCUT2D eigenvalue weighted by Gasteiger charge is 2.33. The molecule has 2 aromatic rings. The number of anilines is 2. The number of piperidine rings is 1. The maximum Gasteiger partial charge on any atom is 0.311 e. The highest BCUT2D eigenvalue weighted by atomic mass is 16.5. The van der Waals surface area contributed by atoms with Crippen LogP contribution in [0.4, 0.5) is 11.4 Å². The third-order valence-corrected chi connectivity index (χ3v) is 5.99. The number of hydrogen-bond donors (Lipinski definition) is 3. The Hall–Kier alpha value is -3.10. The van der Waals surface area contributed by atoms with Crippen molar-refractivity contribution in [2.24, 2.45) is 17.6 Å². The van der Waals surface area contributed by atoms with E-state index in [2.05, 4.69) is 10.2 Å². The summed E-state index contributed by atoms with van der Waals surface area (Å²) in [5.41, 5.74) is 14.7. The van der Waals surface area contributed by atoms with Crippen LogP contribution < -0.4 is 16.8 Å². The van der Waals surface area contributed by atoms with Crippen molar-refractivity contribution in [2.75, 3.05) is 24.1 Å². The normalized spacial score (nSPS) is 17.7. The molecule has 32 heavy (non-hydrogen) atoms. The van der Waals surface area contributed by atoms with E-state index in [1.54, 1.807) is 13.0 Å². The van der Waals surface area contributed by atoms with Crippen molar-refractivity contribution >= 4 is 23.8 Å². The summed E-state index contributed by atoms with van der Waals surface area (Å²) in [6, 6.07) is 16.9. The summed E-state index contributed by atoms with van der Waals surface area (Å²) in [5.74, 6) is -0.671. The van der Waals surface area contributed by atoms with Crippen molar-refractivity contribution < 1.29 is 19.1 Å². The molecular weight excluding hydrogens is 408 g/mol. The molecule has 0 radical (unpaired) electrons. The fourth-order valence-corrected chi connectivity index (χ4v) is 3.94. The van der Waals surface area contributed by atoms with Gasteiger partial charge in [-0.05, 0) is 37.5 Å². The summed E-state index contributed by atoms with van der Waals surface area (Å²) in [5, 5.41) is 3.23. The van der Waals surface area contributed by atoms with Crippen LogP contribution in [-0.2, 0) is 25.7 Å². The zero-order chi connectivity index (χ0) is 22.9. The first-order valence-corrected chi connectivity index (χ1v) is 10.9. The molecule has 1 fully saturated rings. The van der Waals surface area contributed by atoms with Crippen LogP contribution in [0.15, 0.2) is 54.6 Å². The van der Waals surface area contributed by atoms with Gasteiger partial charge < -0.3 is 26.3 Å². The topological polar surface area (TPSA) is 120 Å². The Labute approximate surface area is 188 Å². The molecule has 8 heteroatoms. The van der Waals surface area contributed by atoms with Crippen LogP contribution in [0, 0.1) is 11.8 Å². The average molecular weight is 441 g/mol. The van der Waals surface area contributed by atoms with Crippen LogP contribution in [0.3, 0.4) is 0 Å². The summed E-state index contributed by atoms with van der Waals surface area (Å²) in [7, 11) is 0. The quantitative estimate of drug-likeness (QED) is 0.223. The first-order chi connectivity index (χ1) is 15.5. The van der Waals surface area contributed by atoms with Crippen molar-refractivity contribution in [2.45, 2.75) is 38.8 Å². The molecule has 8 nitrogen and oxygen atoms in total. The van der Waals surface area contributed by atoms with E-state index in [0.717, 1.165) is 24.1 Å². The number of likely N-dealkylation sites (tertiary alicyclic amines) is 1. The zero-order valence-corrected chi connectivity index (χ0v) is 18.4. The van der Waals surface area contributed by atoms with Crippen LogP contribution in [0.5, 0.6) is 0 Å². The van der Waals surface area contributed by atoms with Gasteiger partial charge in [-0.25, -0.2) is 0 Å². The van der Waals surface area contributed by atoms with Gasteiger partial charge in [0.25, 0.3) is 6.47 Å². The standard InChI is InChI=1S/C24H32N4O4/c1-17(24(30)31-15-18-7-3-2-4-8-18)22(26)28-13-11-19(12-14-28)23(32-16-29)27-21-10-6-5-9-20(21)25/h2-10,16-17,19,22-23,27H,11-15,25-26H2,1H3. The van der Waals surface area contributed by atoms with E-state index in [9.17, 15) is 9.59 Å². The minimum absolute atomic E-state index is 0.101. The molecule has 172 valence electrons. The molecule has 0 saturated carbocycles. The van der Waals surface area contributed by atoms with E-state index < -0.39 is 18.3 Å². The van der Waals surface area contributed by atoms with Crippen LogP contribution in [0.2, 0.25) is 0 Å². The second kappa shape index (κ2) is 11.5. The molecule has 5 N–H and O–H groups in total. The highest BCUT2D eigenvalue weighted by molar-refractivity contribution is 5.72. The van der Waals surface area contributed by atoms with Crippen molar-refractivity contribution in [1.82, 2.24) is 4.90 Å². The molecule has 3 atom stereocenters. The summed E-state index contributed by atoms with van der Waals surface area (Å²) in [6.07, 6.45) is 0.598. The number of carbonyl (C=O) groups excluding carboxylic acids is 2. The number of ether oxygens (including phenoxy) is 2. The number of carbonyl (C=O) groups is 2. The SMILES string of the molecule is CC(C(=O)OCc1ccccc1)C(N)N1CCC(C(Nc2ccccc2N)OC=O)CC1. The monoisotopic (exact) mass is 440 g/mol. The Kier molecular flexibility index (Phi) is 8.47. The number of para-hydroxylation sites is 2. The van der Waals surface area contributed by atoms with Crippen molar-refractivity contribution in [1.29, 1.82) is 0 Å². The van der Waals surface area contributed by atoms with Gasteiger partial charge in [0, 0.05) is 19.0 Å². The number of rotatable bonds is 10. The Morgan fingerprint density at radius 3 is 2.47 bits per heavy atom. The molecule has 3 unspecified atom stereocenters. The molecule has 0 bridgehead atoms. The fraction of sp³-hybridized carbons (Fsp3) is 0.417. The van der Waals surface area contributed by atoms with Gasteiger partial charge in [0.15, 0.2) is 6.23 Å².